The van der Waals surface area contributed by atoms with Gasteiger partial charge in [0.05, 0.1) is 0 Å². The number of nitrogens with zero attached hydrogens (tertiary/aromatic N) is 2. The average molecular weight is 205 g/mol. The Labute approximate surface area is 76.7 Å². The van der Waals surface area contributed by atoms with E-state index >= 15 is 0 Å². The van der Waals surface area contributed by atoms with Crippen LogP contribution in [-0.2, 0) is 10.2 Å². The average Bonchev–Trinajstić information content (AvgIpc) is 2.34. The summed E-state index contributed by atoms with van der Waals surface area (Å²) in [7, 11) is -0.625. The van der Waals surface area contributed by atoms with E-state index in [-0.39, 0.29) is 5.82 Å². The first-order valence-electron chi connectivity index (χ1n) is 3.55. The highest BCUT2D eigenvalue weighted by molar-refractivity contribution is 7.90. The number of aryl methyl sites for hydroxylation is 1. The van der Waals surface area contributed by atoms with Crippen molar-refractivity contribution in [3.8, 4) is 0 Å². The van der Waals surface area contributed by atoms with Crippen LogP contribution in [0.4, 0.5) is 5.82 Å². The Morgan fingerprint density at radius 2 is 2.15 bits per heavy atom. The summed E-state index contributed by atoms with van der Waals surface area (Å²) in [5.74, 6) is 0.739. The summed E-state index contributed by atoms with van der Waals surface area (Å²) in [5.41, 5.74) is 0. The van der Waals surface area contributed by atoms with Gasteiger partial charge in [-0.3, -0.25) is 4.72 Å². The van der Waals surface area contributed by atoms with Crippen molar-refractivity contribution in [3.63, 3.8) is 0 Å². The Bertz CT molecular complexity index is 382. The van der Waals surface area contributed by atoms with E-state index in [0.717, 1.165) is 4.31 Å². The predicted octanol–water partition coefficient (Wildman–Crippen LogP) is 0.201. The van der Waals surface area contributed by atoms with Crippen LogP contribution >= 0.6 is 0 Å². The van der Waals surface area contributed by atoms with E-state index in [0.29, 0.717) is 5.76 Å². The fraction of sp³-hybridized carbons (Fsp3) is 0.500. The molecule has 1 rings (SSSR count). The molecule has 0 aromatic carbocycles. The normalized spacial score (nSPS) is 12.0. The number of nitrogens with one attached hydrogen (secondary N) is 1. The van der Waals surface area contributed by atoms with Crippen molar-refractivity contribution in [3.05, 3.63) is 11.8 Å². The second-order valence-electron chi connectivity index (χ2n) is 2.71. The van der Waals surface area contributed by atoms with Crippen molar-refractivity contribution in [2.45, 2.75) is 6.92 Å². The van der Waals surface area contributed by atoms with Crippen molar-refractivity contribution in [1.82, 2.24) is 9.46 Å². The van der Waals surface area contributed by atoms with Crippen LogP contribution in [0.15, 0.2) is 10.6 Å². The van der Waals surface area contributed by atoms with Crippen LogP contribution < -0.4 is 4.72 Å². The number of rotatable bonds is 3. The van der Waals surface area contributed by atoms with Gasteiger partial charge in [-0.15, -0.1) is 0 Å². The molecule has 1 heterocycles. The van der Waals surface area contributed by atoms with Crippen LogP contribution in [0.1, 0.15) is 5.76 Å². The molecule has 0 bridgehead atoms. The Morgan fingerprint density at radius 1 is 1.54 bits per heavy atom. The molecule has 0 saturated heterocycles. The summed E-state index contributed by atoms with van der Waals surface area (Å²) in [5, 5.41) is 3.49. The van der Waals surface area contributed by atoms with Crippen LogP contribution in [0, 0.1) is 6.92 Å². The monoisotopic (exact) mass is 205 g/mol. The second kappa shape index (κ2) is 3.35. The molecule has 0 fully saturated rings. The maximum absolute atomic E-state index is 11.2. The molecule has 1 aromatic heterocycles. The third-order valence-corrected chi connectivity index (χ3v) is 2.77. The molecule has 0 radical (unpaired) electrons. The van der Waals surface area contributed by atoms with E-state index in [9.17, 15) is 8.42 Å². The van der Waals surface area contributed by atoms with Gasteiger partial charge in [0.15, 0.2) is 5.82 Å². The van der Waals surface area contributed by atoms with Crippen LogP contribution in [0.3, 0.4) is 0 Å². The molecule has 0 amide bonds. The Morgan fingerprint density at radius 3 is 2.54 bits per heavy atom. The molecule has 0 atom stereocenters. The van der Waals surface area contributed by atoms with Crippen LogP contribution in [0.2, 0.25) is 0 Å². The summed E-state index contributed by atoms with van der Waals surface area (Å²) < 4.78 is 30.5. The molecule has 1 aromatic rings. The molecule has 0 unspecified atom stereocenters. The topological polar surface area (TPSA) is 75.4 Å². The highest BCUT2D eigenvalue weighted by atomic mass is 32.2. The third kappa shape index (κ3) is 2.43. The number of anilines is 1. The van der Waals surface area contributed by atoms with Gasteiger partial charge in [-0.05, 0) is 6.92 Å². The fourth-order valence-electron chi connectivity index (χ4n) is 0.638. The minimum Gasteiger partial charge on any atom is -0.360 e. The molecule has 0 aliphatic heterocycles. The van der Waals surface area contributed by atoms with Gasteiger partial charge in [0, 0.05) is 20.2 Å². The zero-order valence-corrected chi connectivity index (χ0v) is 8.42. The highest BCUT2D eigenvalue weighted by Gasteiger charge is 2.14. The van der Waals surface area contributed by atoms with Gasteiger partial charge in [0.2, 0.25) is 0 Å². The van der Waals surface area contributed by atoms with Gasteiger partial charge in [-0.25, -0.2) is 0 Å². The molecule has 0 spiro atoms. The molecule has 0 saturated carbocycles. The summed E-state index contributed by atoms with van der Waals surface area (Å²) in [6.07, 6.45) is 0. The van der Waals surface area contributed by atoms with Gasteiger partial charge >= 0.3 is 10.2 Å². The lowest BCUT2D eigenvalue weighted by atomic mass is 10.5. The van der Waals surface area contributed by atoms with E-state index in [1.54, 1.807) is 6.92 Å². The van der Waals surface area contributed by atoms with Crippen LogP contribution in [0.25, 0.3) is 0 Å². The molecule has 7 heteroatoms. The van der Waals surface area contributed by atoms with Crippen molar-refractivity contribution >= 4 is 16.0 Å². The van der Waals surface area contributed by atoms with Crippen molar-refractivity contribution in [1.29, 1.82) is 0 Å². The number of aromatic nitrogens is 1. The summed E-state index contributed by atoms with van der Waals surface area (Å²) in [6.45, 7) is 1.68. The van der Waals surface area contributed by atoms with Crippen LogP contribution in [-0.4, -0.2) is 32.0 Å². The Hall–Kier alpha value is -1.08. The van der Waals surface area contributed by atoms with Gasteiger partial charge in [-0.2, -0.15) is 12.7 Å². The Kier molecular flexibility index (Phi) is 2.58. The molecule has 0 aliphatic rings. The second-order valence-corrected chi connectivity index (χ2v) is 4.60. The maximum atomic E-state index is 11.2. The van der Waals surface area contributed by atoms with E-state index in [2.05, 4.69) is 9.88 Å². The first-order valence-corrected chi connectivity index (χ1v) is 4.99. The zero-order chi connectivity index (χ0) is 10.1. The van der Waals surface area contributed by atoms with Crippen molar-refractivity contribution in [2.24, 2.45) is 0 Å². The van der Waals surface area contributed by atoms with Gasteiger partial charge in [-0.1, -0.05) is 5.16 Å². The lowest BCUT2D eigenvalue weighted by Crippen LogP contribution is -2.29. The van der Waals surface area contributed by atoms with Crippen LogP contribution in [0.5, 0.6) is 0 Å². The largest absolute Gasteiger partial charge is 0.360 e. The first kappa shape index (κ1) is 10.0. The first-order chi connectivity index (χ1) is 5.92. The number of hydrogen-bond acceptors (Lipinski definition) is 4. The fourth-order valence-corrected chi connectivity index (χ4v) is 1.18. The van der Waals surface area contributed by atoms with Gasteiger partial charge in [0.1, 0.15) is 5.76 Å². The Balaban J connectivity index is 2.81. The van der Waals surface area contributed by atoms with E-state index < -0.39 is 10.2 Å². The quantitative estimate of drug-likeness (QED) is 0.764. The highest BCUT2D eigenvalue weighted by Crippen LogP contribution is 2.09. The van der Waals surface area contributed by atoms with E-state index in [1.807, 2.05) is 0 Å². The third-order valence-electron chi connectivity index (χ3n) is 1.34. The molecule has 74 valence electrons. The summed E-state index contributed by atoms with van der Waals surface area (Å²) in [4.78, 5) is 0. The van der Waals surface area contributed by atoms with E-state index in [1.165, 1.54) is 20.2 Å². The maximum Gasteiger partial charge on any atom is 0.302 e. The summed E-state index contributed by atoms with van der Waals surface area (Å²) >= 11 is 0. The smallest absolute Gasteiger partial charge is 0.302 e. The van der Waals surface area contributed by atoms with Crippen molar-refractivity contribution in [2.75, 3.05) is 18.8 Å². The molecular formula is C6H11N3O3S. The van der Waals surface area contributed by atoms with E-state index in [4.69, 9.17) is 4.52 Å². The lowest BCUT2D eigenvalue weighted by Gasteiger charge is -2.10. The standard InChI is InChI=1S/C6H11N3O3S/c1-5-4-6(7-12-5)8-13(10,11)9(2)3/h4H,1-3H3,(H,7,8). The minimum absolute atomic E-state index is 0.186. The molecule has 0 aliphatic carbocycles. The van der Waals surface area contributed by atoms with Crippen molar-refractivity contribution < 1.29 is 12.9 Å². The number of hydrogen-bond donors (Lipinski definition) is 1. The SMILES string of the molecule is Cc1cc(NS(=O)(=O)N(C)C)no1. The molecule has 13 heavy (non-hydrogen) atoms. The zero-order valence-electron chi connectivity index (χ0n) is 7.60. The molecular weight excluding hydrogens is 194 g/mol. The summed E-state index contributed by atoms with van der Waals surface area (Å²) in [6, 6.07) is 1.50. The molecule has 6 nitrogen and oxygen atoms in total. The lowest BCUT2D eigenvalue weighted by molar-refractivity contribution is 0.400. The molecule has 1 N–H and O–H groups in total. The van der Waals surface area contributed by atoms with Gasteiger partial charge in [0.25, 0.3) is 0 Å². The predicted molar refractivity (Wildman–Crippen MR) is 47.5 cm³/mol. The minimum atomic E-state index is -3.48. The van der Waals surface area contributed by atoms with Gasteiger partial charge < -0.3 is 4.52 Å².